The van der Waals surface area contributed by atoms with Crippen LogP contribution in [0.5, 0.6) is 0 Å². The average molecular weight is 304 g/mol. The van der Waals surface area contributed by atoms with Crippen molar-refractivity contribution in [1.29, 1.82) is 0 Å². The van der Waals surface area contributed by atoms with Gasteiger partial charge < -0.3 is 5.32 Å². The average Bonchev–Trinajstić information content (AvgIpc) is 2.99. The van der Waals surface area contributed by atoms with Gasteiger partial charge in [0.15, 0.2) is 0 Å². The third kappa shape index (κ3) is 2.50. The lowest BCUT2D eigenvalue weighted by Crippen LogP contribution is -2.23. The topological polar surface area (TPSA) is 54.9 Å². The molecule has 0 aliphatic carbocycles. The van der Waals surface area contributed by atoms with Gasteiger partial charge in [0.1, 0.15) is 10.2 Å². The Bertz CT molecular complexity index is 758. The van der Waals surface area contributed by atoms with Crippen molar-refractivity contribution in [3.05, 3.63) is 57.8 Å². The van der Waals surface area contributed by atoms with Gasteiger partial charge in [-0.25, -0.2) is 9.97 Å². The molecule has 3 aromatic rings. The molecule has 100 valence electrons. The van der Waals surface area contributed by atoms with Crippen molar-refractivity contribution in [1.82, 2.24) is 15.3 Å². The molecule has 0 atom stereocenters. The second kappa shape index (κ2) is 5.56. The molecule has 0 aliphatic heterocycles. The van der Waals surface area contributed by atoms with Crippen LogP contribution in [0.15, 0.2) is 42.0 Å². The monoisotopic (exact) mass is 303 g/mol. The van der Waals surface area contributed by atoms with Gasteiger partial charge in [0.2, 0.25) is 0 Å². The van der Waals surface area contributed by atoms with Gasteiger partial charge in [-0.3, -0.25) is 4.79 Å². The van der Waals surface area contributed by atoms with Crippen molar-refractivity contribution >= 4 is 39.6 Å². The van der Waals surface area contributed by atoms with Crippen LogP contribution in [-0.2, 0) is 6.54 Å². The largest absolute Gasteiger partial charge is 0.345 e. The quantitative estimate of drug-likeness (QED) is 0.756. The maximum absolute atomic E-state index is 12.2. The maximum atomic E-state index is 12.2. The molecule has 1 amide bonds. The number of hydrogen-bond donors (Lipinski definition) is 1. The fraction of sp³-hybridized carbons (Fsp3) is 0.0714. The minimum atomic E-state index is -0.180. The molecular weight excluding hydrogens is 294 g/mol. The van der Waals surface area contributed by atoms with Gasteiger partial charge >= 0.3 is 0 Å². The Morgan fingerprint density at radius 2 is 2.05 bits per heavy atom. The normalized spacial score (nSPS) is 10.7. The summed E-state index contributed by atoms with van der Waals surface area (Å²) in [7, 11) is 0. The summed E-state index contributed by atoms with van der Waals surface area (Å²) < 4.78 is 0. The Hall–Kier alpha value is -1.98. The molecule has 0 aliphatic rings. The molecule has 1 N–H and O–H groups in total. The molecule has 2 heterocycles. The molecule has 0 saturated heterocycles. The number of rotatable bonds is 3. The Morgan fingerprint density at radius 1 is 1.25 bits per heavy atom. The summed E-state index contributed by atoms with van der Waals surface area (Å²) >= 11 is 7.54. The highest BCUT2D eigenvalue weighted by molar-refractivity contribution is 7.09. The number of aromatic nitrogens is 2. The first-order valence-corrected chi connectivity index (χ1v) is 7.21. The minimum Gasteiger partial charge on any atom is -0.345 e. The predicted octanol–water partition coefficient (Wildman–Crippen LogP) is 3.27. The van der Waals surface area contributed by atoms with Crippen LogP contribution < -0.4 is 5.32 Å². The zero-order valence-corrected chi connectivity index (χ0v) is 11.9. The van der Waals surface area contributed by atoms with E-state index < -0.39 is 0 Å². The van der Waals surface area contributed by atoms with Crippen LogP contribution in [0, 0.1) is 0 Å². The van der Waals surface area contributed by atoms with Crippen LogP contribution in [0.2, 0.25) is 5.15 Å². The summed E-state index contributed by atoms with van der Waals surface area (Å²) in [6.07, 6.45) is 3.22. The number of nitrogens with one attached hydrogen (secondary N) is 1. The van der Waals surface area contributed by atoms with Crippen LogP contribution in [0.25, 0.3) is 10.8 Å². The van der Waals surface area contributed by atoms with Gasteiger partial charge in [0, 0.05) is 23.2 Å². The van der Waals surface area contributed by atoms with Gasteiger partial charge in [-0.1, -0.05) is 35.9 Å². The lowest BCUT2D eigenvalue weighted by molar-refractivity contribution is 0.0952. The highest BCUT2D eigenvalue weighted by Crippen LogP contribution is 2.24. The van der Waals surface area contributed by atoms with E-state index in [4.69, 9.17) is 11.6 Å². The van der Waals surface area contributed by atoms with Gasteiger partial charge in [-0.15, -0.1) is 11.3 Å². The third-order valence-corrected chi connectivity index (χ3v) is 3.96. The van der Waals surface area contributed by atoms with E-state index in [1.54, 1.807) is 6.20 Å². The van der Waals surface area contributed by atoms with E-state index in [1.165, 1.54) is 17.5 Å². The molecule has 1 aromatic carbocycles. The molecule has 4 nitrogen and oxygen atoms in total. The minimum absolute atomic E-state index is 0.180. The number of amides is 1. The Labute approximate surface area is 124 Å². The van der Waals surface area contributed by atoms with E-state index in [1.807, 2.05) is 29.6 Å². The summed E-state index contributed by atoms with van der Waals surface area (Å²) in [5.74, 6) is -0.180. The zero-order chi connectivity index (χ0) is 13.9. The number of halogens is 1. The molecule has 0 saturated carbocycles. The van der Waals surface area contributed by atoms with Gasteiger partial charge in [-0.05, 0) is 5.39 Å². The van der Waals surface area contributed by atoms with Crippen LogP contribution in [0.3, 0.4) is 0 Å². The van der Waals surface area contributed by atoms with E-state index in [9.17, 15) is 4.79 Å². The fourth-order valence-corrected chi connectivity index (χ4v) is 2.70. The number of carbonyl (C=O) groups excluding carboxylic acids is 1. The number of fused-ring (bicyclic) bond motifs is 1. The maximum Gasteiger partial charge on any atom is 0.253 e. The van der Waals surface area contributed by atoms with Crippen LogP contribution >= 0.6 is 22.9 Å². The fourth-order valence-electron chi connectivity index (χ4n) is 1.93. The summed E-state index contributed by atoms with van der Waals surface area (Å²) in [6.45, 7) is 0.410. The molecular formula is C14H10ClN3OS. The van der Waals surface area contributed by atoms with Crippen LogP contribution in [0.4, 0.5) is 0 Å². The number of carbonyl (C=O) groups is 1. The molecule has 0 fully saturated rings. The SMILES string of the molecule is O=C(NCc1nccs1)c1cnc(Cl)c2ccccc12. The first-order chi connectivity index (χ1) is 9.75. The lowest BCUT2D eigenvalue weighted by Gasteiger charge is -2.07. The van der Waals surface area contributed by atoms with Crippen LogP contribution in [-0.4, -0.2) is 15.9 Å². The number of hydrogen-bond acceptors (Lipinski definition) is 4. The van der Waals surface area contributed by atoms with E-state index in [0.717, 1.165) is 15.8 Å². The first kappa shape index (κ1) is 13.0. The predicted molar refractivity (Wildman–Crippen MR) is 80.0 cm³/mol. The van der Waals surface area contributed by atoms with Crippen molar-refractivity contribution in [2.75, 3.05) is 0 Å². The molecule has 20 heavy (non-hydrogen) atoms. The first-order valence-electron chi connectivity index (χ1n) is 5.95. The Balaban J connectivity index is 1.90. The molecule has 0 radical (unpaired) electrons. The molecule has 0 spiro atoms. The van der Waals surface area contributed by atoms with Crippen molar-refractivity contribution in [2.45, 2.75) is 6.54 Å². The van der Waals surface area contributed by atoms with E-state index >= 15 is 0 Å². The lowest BCUT2D eigenvalue weighted by atomic mass is 10.1. The molecule has 6 heteroatoms. The molecule has 0 unspecified atom stereocenters. The molecule has 0 bridgehead atoms. The second-order valence-electron chi connectivity index (χ2n) is 4.12. The molecule has 2 aromatic heterocycles. The highest BCUT2D eigenvalue weighted by Gasteiger charge is 2.12. The summed E-state index contributed by atoms with van der Waals surface area (Å²) in [4.78, 5) is 20.4. The second-order valence-corrected chi connectivity index (χ2v) is 5.45. The zero-order valence-electron chi connectivity index (χ0n) is 10.3. The highest BCUT2D eigenvalue weighted by atomic mass is 35.5. The van der Waals surface area contributed by atoms with Crippen molar-refractivity contribution in [3.63, 3.8) is 0 Å². The van der Waals surface area contributed by atoms with Gasteiger partial charge in [0.05, 0.1) is 12.1 Å². The number of nitrogens with zero attached hydrogens (tertiary/aromatic N) is 2. The Morgan fingerprint density at radius 3 is 2.80 bits per heavy atom. The summed E-state index contributed by atoms with van der Waals surface area (Å²) in [5.41, 5.74) is 0.515. The van der Waals surface area contributed by atoms with E-state index in [0.29, 0.717) is 17.3 Å². The van der Waals surface area contributed by atoms with Crippen molar-refractivity contribution in [3.8, 4) is 0 Å². The van der Waals surface area contributed by atoms with Crippen molar-refractivity contribution < 1.29 is 4.79 Å². The van der Waals surface area contributed by atoms with Gasteiger partial charge in [0.25, 0.3) is 5.91 Å². The van der Waals surface area contributed by atoms with E-state index in [-0.39, 0.29) is 5.91 Å². The van der Waals surface area contributed by atoms with Gasteiger partial charge in [-0.2, -0.15) is 0 Å². The summed E-state index contributed by atoms with van der Waals surface area (Å²) in [5, 5.41) is 7.55. The number of thiazole rings is 1. The summed E-state index contributed by atoms with van der Waals surface area (Å²) in [6, 6.07) is 7.45. The Kier molecular flexibility index (Phi) is 3.62. The third-order valence-electron chi connectivity index (χ3n) is 2.87. The number of pyridine rings is 1. The van der Waals surface area contributed by atoms with Crippen molar-refractivity contribution in [2.24, 2.45) is 0 Å². The van der Waals surface area contributed by atoms with Crippen LogP contribution in [0.1, 0.15) is 15.4 Å². The number of benzene rings is 1. The molecule has 3 rings (SSSR count). The standard InChI is InChI=1S/C14H10ClN3OS/c15-13-10-4-2-1-3-9(10)11(7-17-13)14(19)18-8-12-16-5-6-20-12/h1-7H,8H2,(H,18,19). The smallest absolute Gasteiger partial charge is 0.253 e. The van der Waals surface area contributed by atoms with E-state index in [2.05, 4.69) is 15.3 Å².